The van der Waals surface area contributed by atoms with Gasteiger partial charge in [-0.1, -0.05) is 30.3 Å². The minimum atomic E-state index is 0.143. The van der Waals surface area contributed by atoms with Crippen LogP contribution in [0.25, 0.3) is 0 Å². The maximum atomic E-state index is 5.54. The highest BCUT2D eigenvalue weighted by molar-refractivity contribution is 5.45. The summed E-state index contributed by atoms with van der Waals surface area (Å²) in [5.74, 6) is 0.933. The number of hydrogen-bond donors (Lipinski definition) is 1. The third-order valence-corrected chi connectivity index (χ3v) is 3.85. The van der Waals surface area contributed by atoms with Crippen molar-refractivity contribution in [2.24, 2.45) is 0 Å². The molecule has 0 heterocycles. The monoisotopic (exact) mass is 269 g/mol. The zero-order chi connectivity index (χ0) is 14.7. The lowest BCUT2D eigenvalue weighted by molar-refractivity contribution is 0.405. The van der Waals surface area contributed by atoms with Crippen LogP contribution in [-0.2, 0) is 0 Å². The van der Waals surface area contributed by atoms with Gasteiger partial charge in [0, 0.05) is 5.56 Å². The molecule has 2 rings (SSSR count). The molecule has 0 fully saturated rings. The smallest absolute Gasteiger partial charge is 0.124 e. The Balaban J connectivity index is 2.49. The van der Waals surface area contributed by atoms with Crippen molar-refractivity contribution in [1.29, 1.82) is 0 Å². The van der Waals surface area contributed by atoms with E-state index in [1.54, 1.807) is 7.11 Å². The summed E-state index contributed by atoms with van der Waals surface area (Å²) in [7, 11) is 3.71. The van der Waals surface area contributed by atoms with Gasteiger partial charge < -0.3 is 10.1 Å². The summed E-state index contributed by atoms with van der Waals surface area (Å²) < 4.78 is 5.54. The van der Waals surface area contributed by atoms with E-state index < -0.39 is 0 Å². The first-order valence-electron chi connectivity index (χ1n) is 6.95. The van der Waals surface area contributed by atoms with Gasteiger partial charge in [-0.3, -0.25) is 0 Å². The highest BCUT2D eigenvalue weighted by Crippen LogP contribution is 2.31. The summed E-state index contributed by atoms with van der Waals surface area (Å²) >= 11 is 0. The first kappa shape index (κ1) is 14.6. The third kappa shape index (κ3) is 2.86. The van der Waals surface area contributed by atoms with Gasteiger partial charge in [0.15, 0.2) is 0 Å². The van der Waals surface area contributed by atoms with Crippen LogP contribution >= 0.6 is 0 Å². The fourth-order valence-corrected chi connectivity index (χ4v) is 2.50. The third-order valence-electron chi connectivity index (χ3n) is 3.85. The number of hydrogen-bond acceptors (Lipinski definition) is 2. The van der Waals surface area contributed by atoms with Crippen molar-refractivity contribution in [1.82, 2.24) is 5.32 Å². The highest BCUT2D eigenvalue weighted by Gasteiger charge is 2.17. The number of benzene rings is 2. The van der Waals surface area contributed by atoms with Crippen LogP contribution < -0.4 is 10.1 Å². The molecule has 106 valence electrons. The fourth-order valence-electron chi connectivity index (χ4n) is 2.50. The maximum absolute atomic E-state index is 5.54. The van der Waals surface area contributed by atoms with Gasteiger partial charge in [0.1, 0.15) is 5.75 Å². The molecule has 1 atom stereocenters. The molecule has 0 aromatic heterocycles. The predicted molar refractivity (Wildman–Crippen MR) is 84.5 cm³/mol. The normalized spacial score (nSPS) is 12.2. The predicted octanol–water partition coefficient (Wildman–Crippen LogP) is 3.93. The van der Waals surface area contributed by atoms with Crippen LogP contribution in [0.1, 0.15) is 33.9 Å². The van der Waals surface area contributed by atoms with Crippen LogP contribution in [0.4, 0.5) is 0 Å². The molecule has 0 saturated carbocycles. The van der Waals surface area contributed by atoms with Crippen LogP contribution in [0.5, 0.6) is 5.75 Å². The largest absolute Gasteiger partial charge is 0.496 e. The second-order valence-corrected chi connectivity index (χ2v) is 5.31. The van der Waals surface area contributed by atoms with Crippen molar-refractivity contribution in [2.75, 3.05) is 14.2 Å². The topological polar surface area (TPSA) is 21.3 Å². The summed E-state index contributed by atoms with van der Waals surface area (Å²) in [5.41, 5.74) is 6.27. The van der Waals surface area contributed by atoms with Gasteiger partial charge in [-0.05, 0) is 56.1 Å². The van der Waals surface area contributed by atoms with Crippen LogP contribution in [-0.4, -0.2) is 14.2 Å². The van der Waals surface area contributed by atoms with E-state index in [1.165, 1.54) is 27.8 Å². The average molecular weight is 269 g/mol. The Morgan fingerprint density at radius 3 is 2.30 bits per heavy atom. The molecule has 0 aliphatic heterocycles. The summed E-state index contributed by atoms with van der Waals surface area (Å²) in [6.07, 6.45) is 0. The molecule has 0 amide bonds. The van der Waals surface area contributed by atoms with E-state index in [-0.39, 0.29) is 6.04 Å². The summed E-state index contributed by atoms with van der Waals surface area (Å²) in [5, 5.41) is 3.40. The maximum Gasteiger partial charge on any atom is 0.124 e. The molecule has 0 bridgehead atoms. The van der Waals surface area contributed by atoms with Gasteiger partial charge in [-0.2, -0.15) is 0 Å². The Hall–Kier alpha value is -1.80. The van der Waals surface area contributed by atoms with Gasteiger partial charge in [0.25, 0.3) is 0 Å². The van der Waals surface area contributed by atoms with E-state index in [0.29, 0.717) is 0 Å². The molecule has 0 aliphatic carbocycles. The molecule has 20 heavy (non-hydrogen) atoms. The number of ether oxygens (including phenoxy) is 1. The molecule has 0 saturated heterocycles. The van der Waals surface area contributed by atoms with E-state index in [0.717, 1.165) is 5.75 Å². The van der Waals surface area contributed by atoms with Gasteiger partial charge >= 0.3 is 0 Å². The lowest BCUT2D eigenvalue weighted by Crippen LogP contribution is -2.18. The minimum absolute atomic E-state index is 0.143. The van der Waals surface area contributed by atoms with Crippen LogP contribution in [0, 0.1) is 20.8 Å². The van der Waals surface area contributed by atoms with Crippen molar-refractivity contribution < 1.29 is 4.74 Å². The SMILES string of the molecule is CNC(c1ccc(C)c(C)c1)c1ccc(C)cc1OC. The summed E-state index contributed by atoms with van der Waals surface area (Å²) in [6, 6.07) is 13.1. The van der Waals surface area contributed by atoms with Gasteiger partial charge in [0.2, 0.25) is 0 Å². The second-order valence-electron chi connectivity index (χ2n) is 5.31. The Labute approximate surface area is 121 Å². The summed E-state index contributed by atoms with van der Waals surface area (Å²) in [6.45, 7) is 6.37. The second kappa shape index (κ2) is 6.10. The van der Waals surface area contributed by atoms with Crippen LogP contribution in [0.3, 0.4) is 0 Å². The van der Waals surface area contributed by atoms with E-state index >= 15 is 0 Å². The van der Waals surface area contributed by atoms with Crippen molar-refractivity contribution in [3.8, 4) is 5.75 Å². The molecule has 2 heteroatoms. The number of nitrogens with one attached hydrogen (secondary N) is 1. The average Bonchev–Trinajstić information content (AvgIpc) is 2.44. The van der Waals surface area contributed by atoms with Gasteiger partial charge in [-0.15, -0.1) is 0 Å². The molecule has 1 unspecified atom stereocenters. The molecule has 0 aliphatic rings. The minimum Gasteiger partial charge on any atom is -0.496 e. The van der Waals surface area contributed by atoms with Crippen LogP contribution in [0.2, 0.25) is 0 Å². The number of rotatable bonds is 4. The van der Waals surface area contributed by atoms with Crippen molar-refractivity contribution in [3.63, 3.8) is 0 Å². The molecule has 2 nitrogen and oxygen atoms in total. The standard InChI is InChI=1S/C18H23NO/c1-12-6-9-16(17(10-12)20-5)18(19-4)15-8-7-13(2)14(3)11-15/h6-11,18-19H,1-5H3. The zero-order valence-corrected chi connectivity index (χ0v) is 12.9. The summed E-state index contributed by atoms with van der Waals surface area (Å²) in [4.78, 5) is 0. The lowest BCUT2D eigenvalue weighted by atomic mass is 9.94. The van der Waals surface area contributed by atoms with Gasteiger partial charge in [0.05, 0.1) is 13.2 Å². The van der Waals surface area contributed by atoms with Crippen molar-refractivity contribution >= 4 is 0 Å². The first-order chi connectivity index (χ1) is 9.56. The molecular weight excluding hydrogens is 246 g/mol. The van der Waals surface area contributed by atoms with Crippen molar-refractivity contribution in [2.45, 2.75) is 26.8 Å². The first-order valence-corrected chi connectivity index (χ1v) is 6.95. The molecule has 0 radical (unpaired) electrons. The Bertz CT molecular complexity index is 604. The molecule has 0 spiro atoms. The van der Waals surface area contributed by atoms with E-state index in [4.69, 9.17) is 4.74 Å². The number of aryl methyl sites for hydroxylation is 3. The van der Waals surface area contributed by atoms with Gasteiger partial charge in [-0.25, -0.2) is 0 Å². The Kier molecular flexibility index (Phi) is 4.46. The highest BCUT2D eigenvalue weighted by atomic mass is 16.5. The number of methoxy groups -OCH3 is 1. The van der Waals surface area contributed by atoms with Crippen molar-refractivity contribution in [3.05, 3.63) is 64.2 Å². The fraction of sp³-hybridized carbons (Fsp3) is 0.333. The van der Waals surface area contributed by atoms with Crippen LogP contribution in [0.15, 0.2) is 36.4 Å². The molecule has 2 aromatic carbocycles. The van der Waals surface area contributed by atoms with E-state index in [9.17, 15) is 0 Å². The lowest BCUT2D eigenvalue weighted by Gasteiger charge is -2.21. The van der Waals surface area contributed by atoms with E-state index in [1.807, 2.05) is 7.05 Å². The zero-order valence-electron chi connectivity index (χ0n) is 12.9. The Morgan fingerprint density at radius 2 is 1.70 bits per heavy atom. The molecule has 2 aromatic rings. The molecular formula is C18H23NO. The quantitative estimate of drug-likeness (QED) is 0.908. The van der Waals surface area contributed by atoms with E-state index in [2.05, 4.69) is 62.5 Å². The Morgan fingerprint density at radius 1 is 0.950 bits per heavy atom. The molecule has 1 N–H and O–H groups in total.